The van der Waals surface area contributed by atoms with Gasteiger partial charge in [-0.25, -0.2) is 0 Å². The molecule has 0 unspecified atom stereocenters. The highest BCUT2D eigenvalue weighted by Gasteiger charge is 2.38. The molecule has 0 spiro atoms. The second-order valence-corrected chi connectivity index (χ2v) is 16.7. The van der Waals surface area contributed by atoms with E-state index in [1.807, 2.05) is 0 Å². The van der Waals surface area contributed by atoms with E-state index in [1.54, 1.807) is 18.5 Å². The molecule has 0 saturated heterocycles. The SMILES string of the molecule is CCCCCCCCCC[P+](CCCCCCCCCC)(CCCCCCCCCC)C(C)C. The maximum Gasteiger partial charge on any atom is 0.0641 e. The molecule has 1 heteroatoms. The van der Waals surface area contributed by atoms with E-state index in [9.17, 15) is 0 Å². The average Bonchev–Trinajstić information content (AvgIpc) is 2.83. The largest absolute Gasteiger partial charge is 0.0654 e. The Hall–Kier alpha value is 0.430. The molecule has 0 N–H and O–H groups in total. The Morgan fingerprint density at radius 1 is 0.324 bits per heavy atom. The van der Waals surface area contributed by atoms with Crippen LogP contribution in [0, 0.1) is 0 Å². The minimum absolute atomic E-state index is 0.767. The lowest BCUT2D eigenvalue weighted by molar-refractivity contribution is 0.579. The first-order chi connectivity index (χ1) is 16.6. The Morgan fingerprint density at radius 2 is 0.529 bits per heavy atom. The Kier molecular flexibility index (Phi) is 26.8. The molecule has 0 nitrogen and oxygen atoms in total. The fourth-order valence-electron chi connectivity index (χ4n) is 5.79. The highest BCUT2D eigenvalue weighted by atomic mass is 31.2. The van der Waals surface area contributed by atoms with Crippen LogP contribution in [0.1, 0.15) is 189 Å². The molecule has 0 aliphatic heterocycles. The van der Waals surface area contributed by atoms with Gasteiger partial charge in [-0.3, -0.25) is 0 Å². The monoisotopic (exact) mass is 498 g/mol. The van der Waals surface area contributed by atoms with Crippen LogP contribution in [-0.4, -0.2) is 24.1 Å². The van der Waals surface area contributed by atoms with Crippen LogP contribution >= 0.6 is 7.26 Å². The third kappa shape index (κ3) is 20.6. The number of hydrogen-bond acceptors (Lipinski definition) is 0. The molecule has 0 rings (SSSR count). The molecule has 0 aliphatic rings. The van der Waals surface area contributed by atoms with Crippen molar-refractivity contribution in [1.82, 2.24) is 0 Å². The van der Waals surface area contributed by atoms with Gasteiger partial charge in [0.25, 0.3) is 0 Å². The van der Waals surface area contributed by atoms with Crippen LogP contribution in [0.5, 0.6) is 0 Å². The van der Waals surface area contributed by atoms with Crippen molar-refractivity contribution in [2.24, 2.45) is 0 Å². The summed E-state index contributed by atoms with van der Waals surface area (Å²) in [6.07, 6.45) is 40.2. The van der Waals surface area contributed by atoms with E-state index in [2.05, 4.69) is 34.6 Å². The molecule has 0 aromatic heterocycles. The van der Waals surface area contributed by atoms with Crippen molar-refractivity contribution in [2.75, 3.05) is 18.5 Å². The lowest BCUT2D eigenvalue weighted by Gasteiger charge is -2.32. The van der Waals surface area contributed by atoms with Gasteiger partial charge in [-0.1, -0.05) is 136 Å². The van der Waals surface area contributed by atoms with Crippen LogP contribution in [0.3, 0.4) is 0 Å². The van der Waals surface area contributed by atoms with Gasteiger partial charge >= 0.3 is 0 Å². The molecule has 206 valence electrons. The first-order valence-electron chi connectivity index (χ1n) is 16.5. The summed E-state index contributed by atoms with van der Waals surface area (Å²) in [7, 11) is -0.767. The van der Waals surface area contributed by atoms with Crippen molar-refractivity contribution >= 4 is 7.26 Å². The Balaban J connectivity index is 4.41. The van der Waals surface area contributed by atoms with Gasteiger partial charge in [0.15, 0.2) is 0 Å². The lowest BCUT2D eigenvalue weighted by Crippen LogP contribution is -2.18. The van der Waals surface area contributed by atoms with Crippen molar-refractivity contribution in [3.8, 4) is 0 Å². The third-order valence-corrected chi connectivity index (χ3v) is 14.3. The Labute approximate surface area is 220 Å². The minimum atomic E-state index is -0.767. The molecule has 0 heterocycles. The van der Waals surface area contributed by atoms with Gasteiger partial charge in [-0.05, 0) is 52.4 Å². The van der Waals surface area contributed by atoms with E-state index >= 15 is 0 Å². The van der Waals surface area contributed by atoms with Crippen molar-refractivity contribution in [2.45, 2.75) is 194 Å². The highest BCUT2D eigenvalue weighted by molar-refractivity contribution is 7.76. The molecule has 0 aromatic rings. The quantitative estimate of drug-likeness (QED) is 0.0744. The van der Waals surface area contributed by atoms with Crippen LogP contribution in [0.15, 0.2) is 0 Å². The normalized spacial score (nSPS) is 12.2. The molecule has 0 fully saturated rings. The molecule has 34 heavy (non-hydrogen) atoms. The maximum atomic E-state index is 2.61. The summed E-state index contributed by atoms with van der Waals surface area (Å²) in [5, 5.41) is 0. The highest BCUT2D eigenvalue weighted by Crippen LogP contribution is 2.64. The fourth-order valence-corrected chi connectivity index (χ4v) is 10.6. The topological polar surface area (TPSA) is 0 Å². The predicted molar refractivity (Wildman–Crippen MR) is 164 cm³/mol. The van der Waals surface area contributed by atoms with Crippen molar-refractivity contribution in [3.63, 3.8) is 0 Å². The van der Waals surface area contributed by atoms with Gasteiger partial charge < -0.3 is 0 Å². The summed E-state index contributed by atoms with van der Waals surface area (Å²) >= 11 is 0. The van der Waals surface area contributed by atoms with Gasteiger partial charge in [0, 0.05) is 7.26 Å². The number of unbranched alkanes of at least 4 members (excludes halogenated alkanes) is 21. The summed E-state index contributed by atoms with van der Waals surface area (Å²) in [4.78, 5) is 0. The van der Waals surface area contributed by atoms with Gasteiger partial charge in [-0.15, -0.1) is 0 Å². The van der Waals surface area contributed by atoms with Crippen LogP contribution in [0.25, 0.3) is 0 Å². The lowest BCUT2D eigenvalue weighted by atomic mass is 10.1. The van der Waals surface area contributed by atoms with E-state index in [0.717, 1.165) is 5.66 Å². The Morgan fingerprint density at radius 3 is 0.735 bits per heavy atom. The second-order valence-electron chi connectivity index (χ2n) is 11.9. The van der Waals surface area contributed by atoms with Crippen LogP contribution in [0.4, 0.5) is 0 Å². The van der Waals surface area contributed by atoms with Crippen LogP contribution in [-0.2, 0) is 0 Å². The van der Waals surface area contributed by atoms with Crippen molar-refractivity contribution in [3.05, 3.63) is 0 Å². The van der Waals surface area contributed by atoms with E-state index in [-0.39, 0.29) is 0 Å². The average molecular weight is 498 g/mol. The van der Waals surface area contributed by atoms with Crippen LogP contribution in [0.2, 0.25) is 0 Å². The van der Waals surface area contributed by atoms with Crippen LogP contribution < -0.4 is 0 Å². The maximum absolute atomic E-state index is 2.61. The minimum Gasteiger partial charge on any atom is -0.0654 e. The molecule has 0 radical (unpaired) electrons. The smallest absolute Gasteiger partial charge is 0.0641 e. The summed E-state index contributed by atoms with van der Waals surface area (Å²) in [6.45, 7) is 12.2. The van der Waals surface area contributed by atoms with E-state index < -0.39 is 7.26 Å². The summed E-state index contributed by atoms with van der Waals surface area (Å²) < 4.78 is 0. The molecular formula is C33H70P+. The number of hydrogen-bond donors (Lipinski definition) is 0. The van der Waals surface area contributed by atoms with Gasteiger partial charge in [-0.2, -0.15) is 0 Å². The van der Waals surface area contributed by atoms with Gasteiger partial charge in [0.05, 0.1) is 24.1 Å². The zero-order chi connectivity index (χ0) is 25.2. The standard InChI is InChI=1S/C33H70P/c1-6-9-12-15-18-21-24-27-30-34(33(4)5,31-28-25-22-19-16-13-10-7-2)32-29-26-23-20-17-14-11-8-3/h33H,6-32H2,1-5H3/q+1. The van der Waals surface area contributed by atoms with Crippen molar-refractivity contribution < 1.29 is 0 Å². The van der Waals surface area contributed by atoms with Gasteiger partial charge in [0.1, 0.15) is 0 Å². The van der Waals surface area contributed by atoms with Gasteiger partial charge in [0.2, 0.25) is 0 Å². The first kappa shape index (κ1) is 34.4. The zero-order valence-electron chi connectivity index (χ0n) is 25.1. The fraction of sp³-hybridized carbons (Fsp3) is 1.00. The zero-order valence-corrected chi connectivity index (χ0v) is 26.0. The second kappa shape index (κ2) is 26.5. The molecule has 0 atom stereocenters. The summed E-state index contributed by atoms with van der Waals surface area (Å²) in [5.41, 5.74) is 0.964. The molecule has 0 bridgehead atoms. The summed E-state index contributed by atoms with van der Waals surface area (Å²) in [5.74, 6) is 0. The predicted octanol–water partition coefficient (Wildman–Crippen LogP) is 12.8. The molecular weight excluding hydrogens is 427 g/mol. The Bertz CT molecular complexity index is 324. The van der Waals surface area contributed by atoms with E-state index in [1.165, 1.54) is 154 Å². The molecule has 0 aromatic carbocycles. The van der Waals surface area contributed by atoms with E-state index in [4.69, 9.17) is 0 Å². The number of rotatable bonds is 28. The molecule has 0 amide bonds. The summed E-state index contributed by atoms with van der Waals surface area (Å²) in [6, 6.07) is 0. The van der Waals surface area contributed by atoms with E-state index in [0.29, 0.717) is 0 Å². The molecule has 0 saturated carbocycles. The third-order valence-electron chi connectivity index (χ3n) is 8.47. The first-order valence-corrected chi connectivity index (χ1v) is 18.9. The molecule has 0 aliphatic carbocycles. The van der Waals surface area contributed by atoms with Crippen molar-refractivity contribution in [1.29, 1.82) is 0 Å².